The third-order valence-corrected chi connectivity index (χ3v) is 5.69. The van der Waals surface area contributed by atoms with Gasteiger partial charge in [-0.1, -0.05) is 6.07 Å². The Kier molecular flexibility index (Phi) is 6.32. The highest BCUT2D eigenvalue weighted by molar-refractivity contribution is 6.01. The molecule has 178 valence electrons. The summed E-state index contributed by atoms with van der Waals surface area (Å²) in [6, 6.07) is 7.18. The summed E-state index contributed by atoms with van der Waals surface area (Å²) in [6.45, 7) is -0.644. The molecule has 11 nitrogen and oxygen atoms in total. The van der Waals surface area contributed by atoms with Gasteiger partial charge in [0.05, 0.1) is 25.7 Å². The Morgan fingerprint density at radius 2 is 1.76 bits per heavy atom. The number of methoxy groups -OCH3 is 1. The van der Waals surface area contributed by atoms with Gasteiger partial charge in [-0.25, -0.2) is 0 Å². The van der Waals surface area contributed by atoms with E-state index in [0.29, 0.717) is 5.56 Å². The van der Waals surface area contributed by atoms with Crippen molar-refractivity contribution in [3.63, 3.8) is 0 Å². The van der Waals surface area contributed by atoms with Crippen LogP contribution in [0.4, 0.5) is 0 Å². The Balaban J connectivity index is 1.60. The van der Waals surface area contributed by atoms with E-state index in [9.17, 15) is 35.4 Å². The number of ketones is 1. The number of benzene rings is 2. The minimum atomic E-state index is -1.68. The second-order valence-corrected chi connectivity index (χ2v) is 7.77. The maximum absolute atomic E-state index is 12.7. The molecule has 0 aromatic heterocycles. The molecule has 1 saturated heterocycles. The number of aliphatic hydroxyl groups is 4. The van der Waals surface area contributed by atoms with Gasteiger partial charge in [-0.05, 0) is 29.8 Å². The van der Waals surface area contributed by atoms with E-state index >= 15 is 0 Å². The van der Waals surface area contributed by atoms with Gasteiger partial charge in [0.2, 0.25) is 12.0 Å². The van der Waals surface area contributed by atoms with Crippen LogP contribution in [0.3, 0.4) is 0 Å². The first-order valence-corrected chi connectivity index (χ1v) is 10.1. The minimum Gasteiger partial charge on any atom is -0.504 e. The second-order valence-electron chi connectivity index (χ2n) is 7.77. The van der Waals surface area contributed by atoms with E-state index in [1.165, 1.54) is 31.4 Å². The molecular formula is C22H24O11. The molecule has 4 rings (SSSR count). The predicted octanol–water partition coefficient (Wildman–Crippen LogP) is -0.00840. The van der Waals surface area contributed by atoms with Gasteiger partial charge in [-0.2, -0.15) is 0 Å². The molecule has 0 bridgehead atoms. The van der Waals surface area contributed by atoms with Gasteiger partial charge in [0.1, 0.15) is 30.5 Å². The lowest BCUT2D eigenvalue weighted by molar-refractivity contribution is -0.277. The van der Waals surface area contributed by atoms with Crippen molar-refractivity contribution in [1.29, 1.82) is 0 Å². The van der Waals surface area contributed by atoms with Crippen molar-refractivity contribution in [2.24, 2.45) is 0 Å². The normalized spacial score (nSPS) is 29.2. The van der Waals surface area contributed by atoms with Crippen LogP contribution in [0.25, 0.3) is 0 Å². The molecule has 33 heavy (non-hydrogen) atoms. The van der Waals surface area contributed by atoms with Crippen LogP contribution in [0.5, 0.6) is 28.7 Å². The molecule has 11 heteroatoms. The van der Waals surface area contributed by atoms with Crippen LogP contribution in [-0.2, 0) is 4.74 Å². The molecule has 1 fully saturated rings. The SMILES string of the molecule is COc1ccc(C2CC(=O)c3ccc(O[C@@H]4O[C@H](CO)[C@@H](O)[C@H](O)[C@H]4O)c(O)c3O2)cc1O. The zero-order valence-corrected chi connectivity index (χ0v) is 17.5. The summed E-state index contributed by atoms with van der Waals surface area (Å²) < 4.78 is 21.6. The zero-order valence-electron chi connectivity index (χ0n) is 17.5. The highest BCUT2D eigenvalue weighted by Gasteiger charge is 2.45. The van der Waals surface area contributed by atoms with E-state index in [2.05, 4.69) is 0 Å². The molecule has 0 amide bonds. The minimum absolute atomic E-state index is 0.0366. The van der Waals surface area contributed by atoms with Crippen molar-refractivity contribution in [3.8, 4) is 28.7 Å². The van der Waals surface area contributed by atoms with Gasteiger partial charge in [0, 0.05) is 0 Å². The fraction of sp³-hybridized carbons (Fsp3) is 0.409. The van der Waals surface area contributed by atoms with Gasteiger partial charge in [-0.15, -0.1) is 0 Å². The van der Waals surface area contributed by atoms with Gasteiger partial charge in [0.25, 0.3) is 0 Å². The molecule has 6 atom stereocenters. The maximum Gasteiger partial charge on any atom is 0.229 e. The first-order chi connectivity index (χ1) is 15.7. The Bertz CT molecular complexity index is 1040. The number of phenolic OH excluding ortho intramolecular Hbond substituents is 2. The molecule has 0 aliphatic carbocycles. The molecule has 1 unspecified atom stereocenters. The lowest BCUT2D eigenvalue weighted by Crippen LogP contribution is -2.60. The summed E-state index contributed by atoms with van der Waals surface area (Å²) in [7, 11) is 1.40. The molecule has 2 aromatic rings. The standard InChI is InChI=1S/C22H24O11/c1-30-13-4-2-9(6-12(13)25)15-7-11(24)10-3-5-14(18(27)21(10)31-15)32-22-20(29)19(28)17(26)16(8-23)33-22/h2-6,15-17,19-20,22-23,25-29H,7-8H2,1H3/t15?,16-,17-,19+,20-,22-/m1/s1. The zero-order chi connectivity index (χ0) is 23.9. The highest BCUT2D eigenvalue weighted by atomic mass is 16.7. The maximum atomic E-state index is 12.7. The van der Waals surface area contributed by atoms with Gasteiger partial charge >= 0.3 is 0 Å². The average Bonchev–Trinajstić information content (AvgIpc) is 2.81. The van der Waals surface area contributed by atoms with Gasteiger partial charge in [0.15, 0.2) is 28.8 Å². The topological polar surface area (TPSA) is 175 Å². The van der Waals surface area contributed by atoms with Crippen molar-refractivity contribution >= 4 is 5.78 Å². The van der Waals surface area contributed by atoms with Gasteiger partial charge < -0.3 is 49.6 Å². The summed E-state index contributed by atoms with van der Waals surface area (Å²) >= 11 is 0. The number of ether oxygens (including phenoxy) is 4. The number of hydrogen-bond acceptors (Lipinski definition) is 11. The van der Waals surface area contributed by atoms with Crippen molar-refractivity contribution < 1.29 is 54.4 Å². The van der Waals surface area contributed by atoms with E-state index in [1.54, 1.807) is 6.07 Å². The summed E-state index contributed by atoms with van der Waals surface area (Å²) in [5.74, 6) is -1.12. The van der Waals surface area contributed by atoms with E-state index < -0.39 is 49.2 Å². The van der Waals surface area contributed by atoms with E-state index in [4.69, 9.17) is 18.9 Å². The van der Waals surface area contributed by atoms with Crippen LogP contribution in [0.15, 0.2) is 30.3 Å². The lowest BCUT2D eigenvalue weighted by atomic mass is 9.95. The van der Waals surface area contributed by atoms with E-state index in [-0.39, 0.29) is 40.8 Å². The number of Topliss-reactive ketones (excluding diaryl/α,β-unsaturated/α-hetero) is 1. The monoisotopic (exact) mass is 464 g/mol. The summed E-state index contributed by atoms with van der Waals surface area (Å²) in [5, 5.41) is 60.1. The fourth-order valence-corrected chi connectivity index (χ4v) is 3.83. The number of rotatable bonds is 5. The van der Waals surface area contributed by atoms with Crippen LogP contribution in [0, 0.1) is 0 Å². The second kappa shape index (κ2) is 9.04. The predicted molar refractivity (Wildman–Crippen MR) is 109 cm³/mol. The number of phenols is 2. The molecule has 2 aliphatic rings. The molecule has 2 aliphatic heterocycles. The Hall–Kier alpha value is -3.09. The van der Waals surface area contributed by atoms with Crippen LogP contribution in [-0.4, -0.2) is 80.8 Å². The Labute approximate surface area is 188 Å². The molecule has 2 heterocycles. The van der Waals surface area contributed by atoms with Crippen molar-refractivity contribution in [3.05, 3.63) is 41.5 Å². The Morgan fingerprint density at radius 3 is 2.42 bits per heavy atom. The quantitative estimate of drug-likeness (QED) is 0.351. The lowest BCUT2D eigenvalue weighted by Gasteiger charge is -2.39. The summed E-state index contributed by atoms with van der Waals surface area (Å²) in [5.41, 5.74) is 0.592. The highest BCUT2D eigenvalue weighted by Crippen LogP contribution is 2.46. The van der Waals surface area contributed by atoms with Crippen molar-refractivity contribution in [2.45, 2.75) is 43.2 Å². The van der Waals surface area contributed by atoms with Crippen LogP contribution in [0.1, 0.15) is 28.4 Å². The first-order valence-electron chi connectivity index (χ1n) is 10.1. The average molecular weight is 464 g/mol. The number of aliphatic hydroxyl groups excluding tert-OH is 4. The fourth-order valence-electron chi connectivity index (χ4n) is 3.83. The number of hydrogen-bond donors (Lipinski definition) is 6. The number of carbonyl (C=O) groups excluding carboxylic acids is 1. The van der Waals surface area contributed by atoms with Crippen LogP contribution >= 0.6 is 0 Å². The molecule has 6 N–H and O–H groups in total. The van der Waals surface area contributed by atoms with E-state index in [1.807, 2.05) is 0 Å². The molecule has 0 spiro atoms. The number of aromatic hydroxyl groups is 2. The van der Waals surface area contributed by atoms with Crippen LogP contribution < -0.4 is 14.2 Å². The Morgan fingerprint density at radius 1 is 1.03 bits per heavy atom. The summed E-state index contributed by atoms with van der Waals surface area (Å²) in [6.07, 6.45) is -8.48. The van der Waals surface area contributed by atoms with Crippen molar-refractivity contribution in [2.75, 3.05) is 13.7 Å². The first kappa shape index (κ1) is 23.1. The molecule has 2 aromatic carbocycles. The molecule has 0 radical (unpaired) electrons. The van der Waals surface area contributed by atoms with E-state index in [0.717, 1.165) is 0 Å². The van der Waals surface area contributed by atoms with Crippen LogP contribution in [0.2, 0.25) is 0 Å². The van der Waals surface area contributed by atoms with Crippen molar-refractivity contribution in [1.82, 2.24) is 0 Å². The smallest absolute Gasteiger partial charge is 0.229 e. The molecular weight excluding hydrogens is 440 g/mol. The third kappa shape index (κ3) is 4.16. The number of carbonyl (C=O) groups is 1. The number of fused-ring (bicyclic) bond motifs is 1. The third-order valence-electron chi connectivity index (χ3n) is 5.69. The van der Waals surface area contributed by atoms with Gasteiger partial charge in [-0.3, -0.25) is 4.79 Å². The summed E-state index contributed by atoms with van der Waals surface area (Å²) in [4.78, 5) is 12.7. The molecule has 0 saturated carbocycles. The largest absolute Gasteiger partial charge is 0.504 e.